The largest absolute Gasteiger partial charge is 0.480 e. The van der Waals surface area contributed by atoms with E-state index in [2.05, 4.69) is 15.2 Å². The van der Waals surface area contributed by atoms with E-state index >= 15 is 0 Å². The van der Waals surface area contributed by atoms with E-state index in [1.807, 2.05) is 49.4 Å². The minimum Gasteiger partial charge on any atom is -0.480 e. The third kappa shape index (κ3) is 5.73. The molecule has 0 amide bonds. The lowest BCUT2D eigenvalue weighted by Gasteiger charge is -2.28. The Hall–Kier alpha value is -3.32. The Morgan fingerprint density at radius 3 is 2.45 bits per heavy atom. The zero-order valence-corrected chi connectivity index (χ0v) is 18.8. The van der Waals surface area contributed by atoms with Gasteiger partial charge in [0, 0.05) is 28.6 Å². The number of nitrogens with zero attached hydrogens (tertiary/aromatic N) is 2. The zero-order valence-electron chi connectivity index (χ0n) is 18.8. The van der Waals surface area contributed by atoms with Gasteiger partial charge in [-0.15, -0.1) is 0 Å². The molecule has 0 bridgehead atoms. The number of ether oxygens (including phenoxy) is 1. The van der Waals surface area contributed by atoms with Gasteiger partial charge in [-0.1, -0.05) is 30.3 Å². The monoisotopic (exact) mass is 447 g/mol. The number of aromatic nitrogens is 3. The molecule has 3 aromatic rings. The van der Waals surface area contributed by atoms with Crippen LogP contribution in [0.1, 0.15) is 36.9 Å². The number of carboxylic acids is 1. The number of benzene rings is 1. The van der Waals surface area contributed by atoms with E-state index in [-0.39, 0.29) is 12.2 Å². The number of carbonyl (C=O) groups is 1. The van der Waals surface area contributed by atoms with Crippen molar-refractivity contribution in [1.29, 1.82) is 0 Å². The summed E-state index contributed by atoms with van der Waals surface area (Å²) in [5.41, 5.74) is 4.99. The highest BCUT2D eigenvalue weighted by atomic mass is 16.5. The quantitative estimate of drug-likeness (QED) is 0.535. The van der Waals surface area contributed by atoms with Crippen molar-refractivity contribution in [3.8, 4) is 22.4 Å². The van der Waals surface area contributed by atoms with E-state index < -0.39 is 5.97 Å². The van der Waals surface area contributed by atoms with Crippen LogP contribution in [0.4, 0.5) is 0 Å². The second kappa shape index (κ2) is 10.5. The van der Waals surface area contributed by atoms with E-state index in [1.165, 1.54) is 0 Å². The molecule has 1 aliphatic carbocycles. The summed E-state index contributed by atoms with van der Waals surface area (Å²) in [5.74, 6) is -0.177. The number of hydrogen-bond acceptors (Lipinski definition) is 5. The minimum atomic E-state index is -0.936. The molecule has 0 saturated heterocycles. The normalized spacial score (nSPS) is 18.2. The predicted molar refractivity (Wildman–Crippen MR) is 126 cm³/mol. The molecule has 4 rings (SSSR count). The topological polar surface area (TPSA) is 105 Å². The van der Waals surface area contributed by atoms with E-state index in [0.29, 0.717) is 24.9 Å². The standard InChI is InChI=1S/C26H29N3O4/c1-17-7-12-21(14-27-17)25-24(20-5-3-2-4-6-20)22(26(32)29-28-25)13-18-8-10-19(11-9-18)15-33-16-23(30)31/h2-7,12,14,18-19H,8-11,13,15-16H2,1H3,(H,29,32)(H,30,31). The van der Waals surface area contributed by atoms with Crippen LogP contribution in [-0.2, 0) is 16.0 Å². The average Bonchev–Trinajstić information content (AvgIpc) is 2.82. The SMILES string of the molecule is Cc1ccc(-c2n[nH]c(=O)c(CC3CCC(COCC(=O)O)CC3)c2-c2ccccc2)cn1. The molecule has 0 aliphatic heterocycles. The molecule has 7 nitrogen and oxygen atoms in total. The Balaban J connectivity index is 1.59. The van der Waals surface area contributed by atoms with Gasteiger partial charge in [-0.2, -0.15) is 5.10 Å². The van der Waals surface area contributed by atoms with Crippen molar-refractivity contribution in [2.45, 2.75) is 39.0 Å². The minimum absolute atomic E-state index is 0.149. The number of H-pyrrole nitrogens is 1. The van der Waals surface area contributed by atoms with Gasteiger partial charge in [0.15, 0.2) is 0 Å². The molecule has 1 aliphatic rings. The van der Waals surface area contributed by atoms with Gasteiger partial charge >= 0.3 is 5.97 Å². The Labute approximate surface area is 192 Å². The molecule has 2 aromatic heterocycles. The molecule has 33 heavy (non-hydrogen) atoms. The van der Waals surface area contributed by atoms with Gasteiger partial charge < -0.3 is 9.84 Å². The third-order valence-corrected chi connectivity index (χ3v) is 6.37. The molecule has 2 heterocycles. The van der Waals surface area contributed by atoms with E-state index in [9.17, 15) is 9.59 Å². The number of pyridine rings is 1. The average molecular weight is 448 g/mol. The summed E-state index contributed by atoms with van der Waals surface area (Å²) in [5, 5.41) is 15.9. The predicted octanol–water partition coefficient (Wildman–Crippen LogP) is 4.26. The first-order chi connectivity index (χ1) is 16.0. The first-order valence-electron chi connectivity index (χ1n) is 11.4. The summed E-state index contributed by atoms with van der Waals surface area (Å²) in [6.45, 7) is 2.18. The maximum absolute atomic E-state index is 13.0. The highest BCUT2D eigenvalue weighted by molar-refractivity contribution is 5.82. The van der Waals surface area contributed by atoms with Crippen LogP contribution in [0, 0.1) is 18.8 Å². The van der Waals surface area contributed by atoms with E-state index in [0.717, 1.165) is 59.3 Å². The summed E-state index contributed by atoms with van der Waals surface area (Å²) in [6, 6.07) is 13.9. The Kier molecular flexibility index (Phi) is 7.29. The van der Waals surface area contributed by atoms with Crippen molar-refractivity contribution in [3.63, 3.8) is 0 Å². The fourth-order valence-corrected chi connectivity index (χ4v) is 4.62. The van der Waals surface area contributed by atoms with Gasteiger partial charge in [-0.05, 0) is 68.6 Å². The summed E-state index contributed by atoms with van der Waals surface area (Å²) in [4.78, 5) is 28.1. The highest BCUT2D eigenvalue weighted by Gasteiger charge is 2.25. The van der Waals surface area contributed by atoms with Gasteiger partial charge in [0.05, 0.1) is 6.61 Å². The number of rotatable bonds is 8. The molecule has 172 valence electrons. The number of aliphatic carboxylic acids is 1. The van der Waals surface area contributed by atoms with Crippen molar-refractivity contribution in [2.75, 3.05) is 13.2 Å². The third-order valence-electron chi connectivity index (χ3n) is 6.37. The van der Waals surface area contributed by atoms with Gasteiger partial charge in [0.1, 0.15) is 12.3 Å². The smallest absolute Gasteiger partial charge is 0.329 e. The second-order valence-electron chi connectivity index (χ2n) is 8.81. The molecule has 0 atom stereocenters. The number of aryl methyl sites for hydroxylation is 1. The number of aromatic amines is 1. The van der Waals surface area contributed by atoms with Gasteiger partial charge in [0.25, 0.3) is 5.56 Å². The molecule has 1 aromatic carbocycles. The first-order valence-corrected chi connectivity index (χ1v) is 11.4. The molecule has 1 fully saturated rings. The Morgan fingerprint density at radius 1 is 1.06 bits per heavy atom. The molecular weight excluding hydrogens is 418 g/mol. The molecule has 0 unspecified atom stereocenters. The van der Waals surface area contributed by atoms with Crippen LogP contribution in [-0.4, -0.2) is 39.5 Å². The van der Waals surface area contributed by atoms with Crippen molar-refractivity contribution < 1.29 is 14.6 Å². The van der Waals surface area contributed by atoms with Gasteiger partial charge in [0.2, 0.25) is 0 Å². The maximum atomic E-state index is 13.0. The lowest BCUT2D eigenvalue weighted by molar-refractivity contribution is -0.142. The summed E-state index contributed by atoms with van der Waals surface area (Å²) >= 11 is 0. The molecule has 7 heteroatoms. The lowest BCUT2D eigenvalue weighted by Crippen LogP contribution is -2.25. The summed E-state index contributed by atoms with van der Waals surface area (Å²) in [7, 11) is 0. The molecule has 1 saturated carbocycles. The van der Waals surface area contributed by atoms with Crippen LogP contribution in [0.15, 0.2) is 53.5 Å². The van der Waals surface area contributed by atoms with Crippen LogP contribution in [0.2, 0.25) is 0 Å². The van der Waals surface area contributed by atoms with Gasteiger partial charge in [-0.3, -0.25) is 9.78 Å². The summed E-state index contributed by atoms with van der Waals surface area (Å²) in [6.07, 6.45) is 6.40. The fourth-order valence-electron chi connectivity index (χ4n) is 4.62. The summed E-state index contributed by atoms with van der Waals surface area (Å²) < 4.78 is 5.29. The lowest BCUT2D eigenvalue weighted by atomic mass is 9.78. The van der Waals surface area contributed by atoms with Crippen LogP contribution >= 0.6 is 0 Å². The van der Waals surface area contributed by atoms with Crippen molar-refractivity contribution in [3.05, 3.63) is 70.3 Å². The molecule has 0 radical (unpaired) electrons. The fraction of sp³-hybridized carbons (Fsp3) is 0.385. The first kappa shape index (κ1) is 22.9. The van der Waals surface area contributed by atoms with Crippen molar-refractivity contribution >= 4 is 5.97 Å². The van der Waals surface area contributed by atoms with Crippen LogP contribution in [0.3, 0.4) is 0 Å². The second-order valence-corrected chi connectivity index (χ2v) is 8.81. The maximum Gasteiger partial charge on any atom is 0.329 e. The zero-order chi connectivity index (χ0) is 23.2. The van der Waals surface area contributed by atoms with Crippen LogP contribution < -0.4 is 5.56 Å². The van der Waals surface area contributed by atoms with E-state index in [4.69, 9.17) is 9.84 Å². The van der Waals surface area contributed by atoms with Crippen LogP contribution in [0.25, 0.3) is 22.4 Å². The number of carboxylic acid groups (broad SMARTS) is 1. The Bertz CT molecular complexity index is 1130. The molecule has 0 spiro atoms. The molecular formula is C26H29N3O4. The van der Waals surface area contributed by atoms with Crippen molar-refractivity contribution in [2.24, 2.45) is 11.8 Å². The number of hydrogen-bond donors (Lipinski definition) is 2. The van der Waals surface area contributed by atoms with Gasteiger partial charge in [-0.25, -0.2) is 9.89 Å². The van der Waals surface area contributed by atoms with Crippen LogP contribution in [0.5, 0.6) is 0 Å². The van der Waals surface area contributed by atoms with E-state index in [1.54, 1.807) is 6.20 Å². The number of nitrogens with one attached hydrogen (secondary N) is 1. The molecule has 2 N–H and O–H groups in total. The Morgan fingerprint density at radius 2 is 1.79 bits per heavy atom. The highest BCUT2D eigenvalue weighted by Crippen LogP contribution is 2.36. The van der Waals surface area contributed by atoms with Crippen molar-refractivity contribution in [1.82, 2.24) is 15.2 Å².